The highest BCUT2D eigenvalue weighted by Gasteiger charge is 2.10. The Morgan fingerprint density at radius 1 is 0.846 bits per heavy atom. The first kappa shape index (κ1) is 16.6. The molecule has 3 heteroatoms. The van der Waals surface area contributed by atoms with Crippen molar-refractivity contribution in [1.82, 2.24) is 0 Å². The topological polar surface area (TPSA) is 37.3 Å². The molecule has 4 aromatic rings. The lowest BCUT2D eigenvalue weighted by atomic mass is 9.95. The van der Waals surface area contributed by atoms with Crippen molar-refractivity contribution >= 4 is 39.1 Å². The van der Waals surface area contributed by atoms with Gasteiger partial charge in [0.25, 0.3) is 0 Å². The molecule has 0 fully saturated rings. The van der Waals surface area contributed by atoms with E-state index in [1.807, 2.05) is 24.3 Å². The summed E-state index contributed by atoms with van der Waals surface area (Å²) in [6, 6.07) is 19.5. The van der Waals surface area contributed by atoms with Gasteiger partial charge in [-0.05, 0) is 82.4 Å². The number of fused-ring (bicyclic) bond motifs is 2. The molecule has 2 nitrogen and oxygen atoms in total. The third kappa shape index (κ3) is 2.73. The minimum absolute atomic E-state index is 0.292. The number of carbonyl (C=O) groups is 1. The van der Waals surface area contributed by atoms with Crippen LogP contribution in [-0.4, -0.2) is 11.1 Å². The monoisotopic (exact) mass is 360 g/mol. The zero-order valence-corrected chi connectivity index (χ0v) is 15.3. The molecule has 128 valence electrons. The molecule has 0 heterocycles. The Bertz CT molecular complexity index is 1190. The Balaban J connectivity index is 1.91. The molecule has 4 aromatic carbocycles. The lowest BCUT2D eigenvalue weighted by Gasteiger charge is -2.12. The van der Waals surface area contributed by atoms with Crippen LogP contribution in [0.1, 0.15) is 21.5 Å². The van der Waals surface area contributed by atoms with E-state index in [-0.39, 0.29) is 0 Å². The molecule has 0 radical (unpaired) electrons. The smallest absolute Gasteiger partial charge is 0.335 e. The zero-order valence-electron chi connectivity index (χ0n) is 14.5. The van der Waals surface area contributed by atoms with Crippen molar-refractivity contribution in [3.63, 3.8) is 0 Å². The lowest BCUT2D eigenvalue weighted by Crippen LogP contribution is -1.95. The molecule has 26 heavy (non-hydrogen) atoms. The summed E-state index contributed by atoms with van der Waals surface area (Å²) < 4.78 is 0. The number of rotatable bonds is 2. The molecule has 0 aliphatic rings. The maximum atomic E-state index is 11.1. The summed E-state index contributed by atoms with van der Waals surface area (Å²) in [6.07, 6.45) is 0. The van der Waals surface area contributed by atoms with E-state index in [0.29, 0.717) is 10.6 Å². The van der Waals surface area contributed by atoms with Gasteiger partial charge < -0.3 is 5.11 Å². The molecule has 0 unspecified atom stereocenters. The first-order valence-corrected chi connectivity index (χ1v) is 8.79. The number of benzene rings is 4. The Morgan fingerprint density at radius 2 is 1.54 bits per heavy atom. The minimum Gasteiger partial charge on any atom is -0.478 e. The Labute approximate surface area is 156 Å². The molecule has 0 aliphatic heterocycles. The third-order valence-corrected chi connectivity index (χ3v) is 5.36. The van der Waals surface area contributed by atoms with Crippen molar-refractivity contribution in [3.8, 4) is 11.1 Å². The largest absolute Gasteiger partial charge is 0.478 e. The van der Waals surface area contributed by atoms with Gasteiger partial charge in [-0.15, -0.1) is 0 Å². The fourth-order valence-corrected chi connectivity index (χ4v) is 3.65. The van der Waals surface area contributed by atoms with Gasteiger partial charge in [0.05, 0.1) is 5.56 Å². The molecular formula is C23H17ClO2. The van der Waals surface area contributed by atoms with Crippen molar-refractivity contribution in [2.75, 3.05) is 0 Å². The number of aromatic carboxylic acids is 1. The molecule has 0 amide bonds. The molecular weight excluding hydrogens is 344 g/mol. The van der Waals surface area contributed by atoms with Crippen LogP contribution in [0.2, 0.25) is 5.02 Å². The summed E-state index contributed by atoms with van der Waals surface area (Å²) in [6.45, 7) is 4.24. The zero-order chi connectivity index (χ0) is 18.4. The minimum atomic E-state index is -0.917. The molecule has 0 saturated carbocycles. The summed E-state index contributed by atoms with van der Waals surface area (Å²) in [5.74, 6) is -0.917. The first-order chi connectivity index (χ1) is 12.4. The molecule has 1 N–H and O–H groups in total. The van der Waals surface area contributed by atoms with Gasteiger partial charge in [-0.25, -0.2) is 4.79 Å². The molecule has 0 aliphatic carbocycles. The van der Waals surface area contributed by atoms with Gasteiger partial charge in [0.15, 0.2) is 0 Å². The van der Waals surface area contributed by atoms with Crippen LogP contribution in [0.4, 0.5) is 0 Å². The van der Waals surface area contributed by atoms with Crippen molar-refractivity contribution in [2.45, 2.75) is 13.8 Å². The van der Waals surface area contributed by atoms with E-state index in [1.165, 1.54) is 16.5 Å². The van der Waals surface area contributed by atoms with E-state index in [9.17, 15) is 4.79 Å². The average Bonchev–Trinajstić information content (AvgIpc) is 2.63. The number of aryl methyl sites for hydroxylation is 2. The highest BCUT2D eigenvalue weighted by atomic mass is 35.5. The average molecular weight is 361 g/mol. The molecule has 4 rings (SSSR count). The molecule has 0 bridgehead atoms. The van der Waals surface area contributed by atoms with Gasteiger partial charge in [0, 0.05) is 10.6 Å². The lowest BCUT2D eigenvalue weighted by molar-refractivity contribution is 0.0697. The van der Waals surface area contributed by atoms with Crippen LogP contribution in [0.25, 0.3) is 32.7 Å². The maximum absolute atomic E-state index is 11.1. The van der Waals surface area contributed by atoms with Crippen LogP contribution in [-0.2, 0) is 0 Å². The number of hydrogen-bond acceptors (Lipinski definition) is 1. The number of hydrogen-bond donors (Lipinski definition) is 1. The fraction of sp³-hybridized carbons (Fsp3) is 0.0870. The summed E-state index contributed by atoms with van der Waals surface area (Å²) in [5, 5.41) is 14.1. The van der Waals surface area contributed by atoms with Gasteiger partial charge in [-0.1, -0.05) is 41.9 Å². The van der Waals surface area contributed by atoms with Crippen LogP contribution in [0.3, 0.4) is 0 Å². The van der Waals surface area contributed by atoms with Crippen LogP contribution < -0.4 is 0 Å². The van der Waals surface area contributed by atoms with Gasteiger partial charge in [-0.3, -0.25) is 0 Å². The van der Waals surface area contributed by atoms with E-state index >= 15 is 0 Å². The molecule has 0 aromatic heterocycles. The predicted octanol–water partition coefficient (Wildman–Crippen LogP) is 6.63. The maximum Gasteiger partial charge on any atom is 0.335 e. The normalized spacial score (nSPS) is 11.2. The van der Waals surface area contributed by atoms with E-state index in [0.717, 1.165) is 27.3 Å². The first-order valence-electron chi connectivity index (χ1n) is 8.41. The SMILES string of the molecule is Cc1ccc2cc(Cl)c(-c3ccc4cc(C(=O)O)ccc4c3)cc2c1C. The predicted molar refractivity (Wildman–Crippen MR) is 108 cm³/mol. The second kappa shape index (κ2) is 6.15. The van der Waals surface area contributed by atoms with Gasteiger partial charge in [0.2, 0.25) is 0 Å². The van der Waals surface area contributed by atoms with Crippen LogP contribution in [0, 0.1) is 13.8 Å². The Kier molecular flexibility index (Phi) is 3.93. The van der Waals surface area contributed by atoms with Crippen molar-refractivity contribution in [1.29, 1.82) is 0 Å². The van der Waals surface area contributed by atoms with Crippen molar-refractivity contribution in [3.05, 3.63) is 82.4 Å². The number of carboxylic acid groups (broad SMARTS) is 1. The van der Waals surface area contributed by atoms with Crippen LogP contribution >= 0.6 is 11.6 Å². The summed E-state index contributed by atoms with van der Waals surface area (Å²) in [5.41, 5.74) is 4.81. The Morgan fingerprint density at radius 3 is 2.31 bits per heavy atom. The third-order valence-electron chi connectivity index (χ3n) is 5.05. The summed E-state index contributed by atoms with van der Waals surface area (Å²) >= 11 is 6.57. The van der Waals surface area contributed by atoms with E-state index < -0.39 is 5.97 Å². The summed E-state index contributed by atoms with van der Waals surface area (Å²) in [7, 11) is 0. The van der Waals surface area contributed by atoms with Crippen LogP contribution in [0.15, 0.2) is 60.7 Å². The standard InChI is InChI=1S/C23H17ClO2/c1-13-3-4-18-11-22(24)21(12-20(18)14(13)2)17-7-5-16-10-19(23(25)26)8-6-15(16)9-17/h3-12H,1-2H3,(H,25,26). The van der Waals surface area contributed by atoms with Gasteiger partial charge in [0.1, 0.15) is 0 Å². The number of halogens is 1. The highest BCUT2D eigenvalue weighted by molar-refractivity contribution is 6.34. The summed E-state index contributed by atoms with van der Waals surface area (Å²) in [4.78, 5) is 11.1. The van der Waals surface area contributed by atoms with Crippen molar-refractivity contribution in [2.24, 2.45) is 0 Å². The molecule has 0 spiro atoms. The van der Waals surface area contributed by atoms with E-state index in [4.69, 9.17) is 16.7 Å². The van der Waals surface area contributed by atoms with E-state index in [2.05, 4.69) is 38.1 Å². The van der Waals surface area contributed by atoms with E-state index in [1.54, 1.807) is 12.1 Å². The molecule has 0 saturated heterocycles. The number of carboxylic acids is 1. The molecule has 0 atom stereocenters. The van der Waals surface area contributed by atoms with Gasteiger partial charge in [-0.2, -0.15) is 0 Å². The van der Waals surface area contributed by atoms with Crippen molar-refractivity contribution < 1.29 is 9.90 Å². The second-order valence-electron chi connectivity index (χ2n) is 6.64. The second-order valence-corrected chi connectivity index (χ2v) is 7.05. The van der Waals surface area contributed by atoms with Crippen LogP contribution in [0.5, 0.6) is 0 Å². The highest BCUT2D eigenvalue weighted by Crippen LogP contribution is 2.35. The fourth-order valence-electron chi connectivity index (χ4n) is 3.37. The van der Waals surface area contributed by atoms with Gasteiger partial charge >= 0.3 is 5.97 Å². The Hall–Kier alpha value is -2.84. The quantitative estimate of drug-likeness (QED) is 0.435.